The summed E-state index contributed by atoms with van der Waals surface area (Å²) in [6, 6.07) is 6.58. The zero-order valence-electron chi connectivity index (χ0n) is 10.3. The Morgan fingerprint density at radius 3 is 2.26 bits per heavy atom. The highest BCUT2D eigenvalue weighted by atomic mass is 16.7. The van der Waals surface area contributed by atoms with Gasteiger partial charge in [0.1, 0.15) is 6.10 Å². The van der Waals surface area contributed by atoms with Crippen molar-refractivity contribution in [2.75, 3.05) is 0 Å². The van der Waals surface area contributed by atoms with Crippen molar-refractivity contribution >= 4 is 11.8 Å². The topological polar surface area (TPSA) is 89.7 Å². The molecule has 0 heterocycles. The molecule has 1 aliphatic rings. The minimum Gasteiger partial charge on any atom is -0.450 e. The largest absolute Gasteiger partial charge is 0.506 e. The summed E-state index contributed by atoms with van der Waals surface area (Å²) >= 11 is 0. The van der Waals surface area contributed by atoms with Gasteiger partial charge >= 0.3 is 6.16 Å². The van der Waals surface area contributed by atoms with E-state index in [1.807, 2.05) is 0 Å². The standard InChI is InChI=1S/C13H15NO5/c15-13(16)19-12-7-3-10(4-8-12)9-1-5-11(6-2-9)14(17)18/h1-2,5-6,10,12H,3-4,7-8H2,(H,15,16). The van der Waals surface area contributed by atoms with Gasteiger partial charge in [0.2, 0.25) is 0 Å². The number of non-ortho nitro benzene ring substituents is 1. The van der Waals surface area contributed by atoms with Crippen LogP contribution in [0.25, 0.3) is 0 Å². The number of hydrogen-bond acceptors (Lipinski definition) is 4. The molecule has 0 unspecified atom stereocenters. The number of nitro benzene ring substituents is 1. The van der Waals surface area contributed by atoms with Crippen molar-refractivity contribution in [1.29, 1.82) is 0 Å². The van der Waals surface area contributed by atoms with Crippen LogP contribution < -0.4 is 0 Å². The van der Waals surface area contributed by atoms with Gasteiger partial charge in [0.05, 0.1) is 4.92 Å². The van der Waals surface area contributed by atoms with Crippen LogP contribution in [0.15, 0.2) is 24.3 Å². The average molecular weight is 265 g/mol. The van der Waals surface area contributed by atoms with Crippen molar-refractivity contribution in [3.05, 3.63) is 39.9 Å². The van der Waals surface area contributed by atoms with Crippen LogP contribution in [0.5, 0.6) is 0 Å². The fraction of sp³-hybridized carbons (Fsp3) is 0.462. The zero-order valence-corrected chi connectivity index (χ0v) is 10.3. The quantitative estimate of drug-likeness (QED) is 0.514. The molecule has 2 rings (SSSR count). The highest BCUT2D eigenvalue weighted by Gasteiger charge is 2.25. The second-order valence-electron chi connectivity index (χ2n) is 4.71. The predicted octanol–water partition coefficient (Wildman–Crippen LogP) is 3.32. The van der Waals surface area contributed by atoms with E-state index in [0.29, 0.717) is 18.8 Å². The lowest BCUT2D eigenvalue weighted by Crippen LogP contribution is -2.23. The summed E-state index contributed by atoms with van der Waals surface area (Å²) in [6.45, 7) is 0. The summed E-state index contributed by atoms with van der Waals surface area (Å²) in [5.74, 6) is 0.328. The molecule has 1 aromatic rings. The number of nitrogens with zero attached hydrogens (tertiary/aromatic N) is 1. The lowest BCUT2D eigenvalue weighted by Gasteiger charge is -2.27. The average Bonchev–Trinajstić information content (AvgIpc) is 2.39. The highest BCUT2D eigenvalue weighted by Crippen LogP contribution is 2.34. The predicted molar refractivity (Wildman–Crippen MR) is 67.2 cm³/mol. The van der Waals surface area contributed by atoms with Gasteiger partial charge in [-0.2, -0.15) is 0 Å². The molecule has 1 aromatic carbocycles. The van der Waals surface area contributed by atoms with Crippen LogP contribution in [0.3, 0.4) is 0 Å². The number of carboxylic acid groups (broad SMARTS) is 1. The molecule has 0 saturated heterocycles. The van der Waals surface area contributed by atoms with E-state index in [-0.39, 0.29) is 11.8 Å². The van der Waals surface area contributed by atoms with Crippen molar-refractivity contribution in [2.24, 2.45) is 0 Å². The second-order valence-corrected chi connectivity index (χ2v) is 4.71. The maximum Gasteiger partial charge on any atom is 0.506 e. The van der Waals surface area contributed by atoms with Crippen molar-refractivity contribution in [3.63, 3.8) is 0 Å². The summed E-state index contributed by atoms with van der Waals surface area (Å²) in [5, 5.41) is 19.1. The third kappa shape index (κ3) is 3.43. The van der Waals surface area contributed by atoms with Crippen molar-refractivity contribution < 1.29 is 19.6 Å². The molecule has 0 amide bonds. The van der Waals surface area contributed by atoms with E-state index in [0.717, 1.165) is 18.4 Å². The van der Waals surface area contributed by atoms with Crippen LogP contribution in [0.1, 0.15) is 37.2 Å². The van der Waals surface area contributed by atoms with Crippen molar-refractivity contribution in [1.82, 2.24) is 0 Å². The Balaban J connectivity index is 1.94. The number of nitro groups is 1. The Morgan fingerprint density at radius 2 is 1.79 bits per heavy atom. The molecule has 6 nitrogen and oxygen atoms in total. The molecule has 0 aromatic heterocycles. The Morgan fingerprint density at radius 1 is 1.21 bits per heavy atom. The minimum absolute atomic E-state index is 0.0895. The number of hydrogen-bond donors (Lipinski definition) is 1. The van der Waals surface area contributed by atoms with Crippen LogP contribution >= 0.6 is 0 Å². The summed E-state index contributed by atoms with van der Waals surface area (Å²) in [5.41, 5.74) is 1.16. The highest BCUT2D eigenvalue weighted by molar-refractivity contribution is 5.57. The molecule has 6 heteroatoms. The Kier molecular flexibility index (Phi) is 3.99. The molecule has 0 bridgehead atoms. The fourth-order valence-electron chi connectivity index (χ4n) is 2.52. The van der Waals surface area contributed by atoms with Gasteiger partial charge in [-0.15, -0.1) is 0 Å². The molecule has 0 atom stereocenters. The maximum absolute atomic E-state index is 10.6. The number of carbonyl (C=O) groups is 1. The van der Waals surface area contributed by atoms with E-state index in [1.165, 1.54) is 12.1 Å². The third-order valence-electron chi connectivity index (χ3n) is 3.52. The van der Waals surface area contributed by atoms with Crippen LogP contribution in [-0.4, -0.2) is 22.3 Å². The second kappa shape index (κ2) is 5.69. The number of rotatable bonds is 3. The van der Waals surface area contributed by atoms with Crippen LogP contribution in [0.4, 0.5) is 10.5 Å². The first kappa shape index (κ1) is 13.3. The Bertz CT molecular complexity index is 462. The molecule has 1 fully saturated rings. The summed E-state index contributed by atoms with van der Waals surface area (Å²) < 4.78 is 4.75. The molecule has 1 saturated carbocycles. The van der Waals surface area contributed by atoms with Gasteiger partial charge in [0.15, 0.2) is 0 Å². The van der Waals surface area contributed by atoms with Gasteiger partial charge < -0.3 is 9.84 Å². The smallest absolute Gasteiger partial charge is 0.450 e. The molecule has 1 aliphatic carbocycles. The van der Waals surface area contributed by atoms with E-state index in [9.17, 15) is 14.9 Å². The molecular formula is C13H15NO5. The first-order chi connectivity index (χ1) is 9.06. The minimum atomic E-state index is -1.22. The molecule has 0 aliphatic heterocycles. The molecular weight excluding hydrogens is 250 g/mol. The van der Waals surface area contributed by atoms with Gasteiger partial charge in [-0.25, -0.2) is 4.79 Å². The van der Waals surface area contributed by atoms with E-state index in [2.05, 4.69) is 0 Å². The summed E-state index contributed by atoms with van der Waals surface area (Å²) in [7, 11) is 0. The monoisotopic (exact) mass is 265 g/mol. The zero-order chi connectivity index (χ0) is 13.8. The summed E-state index contributed by atoms with van der Waals surface area (Å²) in [6.07, 6.45) is 1.65. The summed E-state index contributed by atoms with van der Waals surface area (Å²) in [4.78, 5) is 20.6. The first-order valence-corrected chi connectivity index (χ1v) is 6.20. The normalized spacial score (nSPS) is 22.7. The number of ether oxygens (including phenoxy) is 1. The van der Waals surface area contributed by atoms with Gasteiger partial charge in [-0.05, 0) is 37.2 Å². The number of benzene rings is 1. The lowest BCUT2D eigenvalue weighted by molar-refractivity contribution is -0.384. The first-order valence-electron chi connectivity index (χ1n) is 6.20. The Hall–Kier alpha value is -2.11. The molecule has 1 N–H and O–H groups in total. The van der Waals surface area contributed by atoms with Gasteiger partial charge in [-0.3, -0.25) is 10.1 Å². The van der Waals surface area contributed by atoms with Crippen LogP contribution in [0, 0.1) is 10.1 Å². The van der Waals surface area contributed by atoms with Gasteiger partial charge in [0.25, 0.3) is 5.69 Å². The van der Waals surface area contributed by atoms with E-state index in [1.54, 1.807) is 12.1 Å². The molecule has 19 heavy (non-hydrogen) atoms. The van der Waals surface area contributed by atoms with Crippen LogP contribution in [0.2, 0.25) is 0 Å². The molecule has 102 valence electrons. The van der Waals surface area contributed by atoms with E-state index in [4.69, 9.17) is 9.84 Å². The van der Waals surface area contributed by atoms with Crippen LogP contribution in [-0.2, 0) is 4.74 Å². The van der Waals surface area contributed by atoms with Crippen molar-refractivity contribution in [3.8, 4) is 0 Å². The SMILES string of the molecule is O=C(O)OC1CCC(c2ccc([N+](=O)[O-])cc2)CC1. The van der Waals surface area contributed by atoms with Gasteiger partial charge in [0, 0.05) is 12.1 Å². The van der Waals surface area contributed by atoms with E-state index >= 15 is 0 Å². The van der Waals surface area contributed by atoms with E-state index < -0.39 is 11.1 Å². The molecule has 0 spiro atoms. The third-order valence-corrected chi connectivity index (χ3v) is 3.52. The fourth-order valence-corrected chi connectivity index (χ4v) is 2.52. The Labute approximate surface area is 110 Å². The maximum atomic E-state index is 10.6. The molecule has 0 radical (unpaired) electrons. The lowest BCUT2D eigenvalue weighted by atomic mass is 9.83. The van der Waals surface area contributed by atoms with Gasteiger partial charge in [-0.1, -0.05) is 12.1 Å². The van der Waals surface area contributed by atoms with Crippen molar-refractivity contribution in [2.45, 2.75) is 37.7 Å².